The Balaban J connectivity index is 1.67. The zero-order valence-electron chi connectivity index (χ0n) is 17.7. The molecule has 1 aromatic heterocycles. The zero-order chi connectivity index (χ0) is 22.9. The summed E-state index contributed by atoms with van der Waals surface area (Å²) in [6.07, 6.45) is 3.90. The molecule has 3 aromatic rings. The van der Waals surface area contributed by atoms with Crippen LogP contribution < -0.4 is 10.1 Å². The molecule has 0 saturated carbocycles. The number of hydrogen-bond acceptors (Lipinski definition) is 5. The van der Waals surface area contributed by atoms with Crippen LogP contribution in [0.25, 0.3) is 11.4 Å². The minimum atomic E-state index is -0.178. The summed E-state index contributed by atoms with van der Waals surface area (Å²) in [7, 11) is 0. The highest BCUT2D eigenvalue weighted by molar-refractivity contribution is 9.10. The molecule has 0 aliphatic heterocycles. The van der Waals surface area contributed by atoms with E-state index in [0.29, 0.717) is 34.8 Å². The Morgan fingerprint density at radius 2 is 2.06 bits per heavy atom. The molecule has 6 nitrogen and oxygen atoms in total. The first-order valence-corrected chi connectivity index (χ1v) is 12.3. The Morgan fingerprint density at radius 3 is 2.75 bits per heavy atom. The number of thioether (sulfide) groups is 1. The number of amides is 1. The van der Waals surface area contributed by atoms with Gasteiger partial charge in [-0.1, -0.05) is 58.7 Å². The van der Waals surface area contributed by atoms with Gasteiger partial charge in [0.25, 0.3) is 0 Å². The Kier molecular flexibility index (Phi) is 9.20. The fourth-order valence-electron chi connectivity index (χ4n) is 2.84. The molecule has 1 N–H and O–H groups in total. The van der Waals surface area contributed by atoms with E-state index in [4.69, 9.17) is 16.3 Å². The fourth-order valence-corrected chi connectivity index (χ4v) is 4.31. The van der Waals surface area contributed by atoms with Gasteiger partial charge in [0.15, 0.2) is 11.0 Å². The van der Waals surface area contributed by atoms with E-state index in [1.165, 1.54) is 11.8 Å². The van der Waals surface area contributed by atoms with Crippen LogP contribution in [0.1, 0.15) is 19.8 Å². The molecule has 0 spiro atoms. The molecule has 0 saturated heterocycles. The minimum absolute atomic E-state index is 0.172. The summed E-state index contributed by atoms with van der Waals surface area (Å²) in [4.78, 5) is 12.4. The van der Waals surface area contributed by atoms with E-state index in [9.17, 15) is 4.79 Å². The monoisotopic (exact) mass is 534 g/mol. The summed E-state index contributed by atoms with van der Waals surface area (Å²) in [6, 6.07) is 13.1. The van der Waals surface area contributed by atoms with Gasteiger partial charge < -0.3 is 10.1 Å². The molecular formula is C23H24BrClN4O2S. The van der Waals surface area contributed by atoms with Crippen LogP contribution in [0.2, 0.25) is 5.02 Å². The van der Waals surface area contributed by atoms with Crippen molar-refractivity contribution in [1.29, 1.82) is 0 Å². The van der Waals surface area contributed by atoms with Crippen molar-refractivity contribution < 1.29 is 9.53 Å². The SMILES string of the molecule is C=CCn1c(SCC(=O)Nc2ccc(Br)cc2Cl)nnc1-c1ccc(OCCCC)cc1. The van der Waals surface area contributed by atoms with E-state index >= 15 is 0 Å². The van der Waals surface area contributed by atoms with E-state index < -0.39 is 0 Å². The molecule has 0 radical (unpaired) electrons. The fraction of sp³-hybridized carbons (Fsp3) is 0.261. The molecule has 3 rings (SSSR count). The lowest BCUT2D eigenvalue weighted by Crippen LogP contribution is -2.15. The largest absolute Gasteiger partial charge is 0.494 e. The molecule has 0 bridgehead atoms. The van der Waals surface area contributed by atoms with Crippen LogP contribution in [-0.4, -0.2) is 33.0 Å². The second-order valence-corrected chi connectivity index (χ2v) is 9.16. The quantitative estimate of drug-likeness (QED) is 0.173. The molecule has 0 fully saturated rings. The van der Waals surface area contributed by atoms with Crippen LogP contribution >= 0.6 is 39.3 Å². The van der Waals surface area contributed by atoms with Gasteiger partial charge in [-0.3, -0.25) is 9.36 Å². The highest BCUT2D eigenvalue weighted by Crippen LogP contribution is 2.28. The highest BCUT2D eigenvalue weighted by atomic mass is 79.9. The van der Waals surface area contributed by atoms with Gasteiger partial charge in [-0.15, -0.1) is 16.8 Å². The van der Waals surface area contributed by atoms with Crippen molar-refractivity contribution in [3.8, 4) is 17.1 Å². The minimum Gasteiger partial charge on any atom is -0.494 e. The number of anilines is 1. The number of aromatic nitrogens is 3. The molecular weight excluding hydrogens is 512 g/mol. The van der Waals surface area contributed by atoms with E-state index in [2.05, 4.69) is 44.9 Å². The molecule has 9 heteroatoms. The summed E-state index contributed by atoms with van der Waals surface area (Å²) in [6.45, 7) is 7.20. The number of carbonyl (C=O) groups excluding carboxylic acids is 1. The lowest BCUT2D eigenvalue weighted by atomic mass is 10.2. The normalized spacial score (nSPS) is 10.7. The highest BCUT2D eigenvalue weighted by Gasteiger charge is 2.16. The van der Waals surface area contributed by atoms with Gasteiger partial charge in [0.2, 0.25) is 5.91 Å². The van der Waals surface area contributed by atoms with Gasteiger partial charge in [0.05, 0.1) is 23.1 Å². The summed E-state index contributed by atoms with van der Waals surface area (Å²) in [5, 5.41) is 12.6. The van der Waals surface area contributed by atoms with Gasteiger partial charge in [0, 0.05) is 16.6 Å². The molecule has 0 unspecified atom stereocenters. The molecule has 1 amide bonds. The van der Waals surface area contributed by atoms with Crippen LogP contribution in [0.4, 0.5) is 5.69 Å². The van der Waals surface area contributed by atoms with Crippen molar-refractivity contribution in [2.45, 2.75) is 31.5 Å². The van der Waals surface area contributed by atoms with Gasteiger partial charge >= 0.3 is 0 Å². The predicted molar refractivity (Wildman–Crippen MR) is 135 cm³/mol. The topological polar surface area (TPSA) is 69.0 Å². The first-order chi connectivity index (χ1) is 15.5. The third kappa shape index (κ3) is 6.60. The molecule has 0 aliphatic rings. The van der Waals surface area contributed by atoms with Crippen LogP contribution in [0, 0.1) is 0 Å². The lowest BCUT2D eigenvalue weighted by molar-refractivity contribution is -0.113. The van der Waals surface area contributed by atoms with Crippen molar-refractivity contribution in [1.82, 2.24) is 14.8 Å². The van der Waals surface area contributed by atoms with Gasteiger partial charge in [-0.25, -0.2) is 0 Å². The number of nitrogens with one attached hydrogen (secondary N) is 1. The molecule has 2 aromatic carbocycles. The number of nitrogens with zero attached hydrogens (tertiary/aromatic N) is 3. The number of hydrogen-bond donors (Lipinski definition) is 1. The van der Waals surface area contributed by atoms with Crippen molar-refractivity contribution in [3.63, 3.8) is 0 Å². The maximum Gasteiger partial charge on any atom is 0.234 e. The summed E-state index contributed by atoms with van der Waals surface area (Å²) >= 11 is 10.8. The number of allylic oxidation sites excluding steroid dienone is 1. The Bertz CT molecular complexity index is 1070. The van der Waals surface area contributed by atoms with Gasteiger partial charge in [-0.2, -0.15) is 0 Å². The van der Waals surface area contributed by atoms with Gasteiger partial charge in [-0.05, 0) is 48.9 Å². The third-order valence-corrected chi connectivity index (χ3v) is 6.22. The maximum absolute atomic E-state index is 12.4. The third-order valence-electron chi connectivity index (χ3n) is 4.45. The molecule has 0 aliphatic carbocycles. The van der Waals surface area contributed by atoms with E-state index in [1.807, 2.05) is 34.9 Å². The summed E-state index contributed by atoms with van der Waals surface area (Å²) in [5.41, 5.74) is 1.48. The Hall–Kier alpha value is -2.29. The van der Waals surface area contributed by atoms with Crippen molar-refractivity contribution in [3.05, 3.63) is 64.6 Å². The van der Waals surface area contributed by atoms with Crippen molar-refractivity contribution >= 4 is 50.9 Å². The number of carbonyl (C=O) groups is 1. The Labute approximate surface area is 205 Å². The first-order valence-electron chi connectivity index (χ1n) is 10.2. The number of benzene rings is 2. The second-order valence-electron chi connectivity index (χ2n) is 6.89. The maximum atomic E-state index is 12.4. The number of unbranched alkanes of at least 4 members (excludes halogenated alkanes) is 1. The number of rotatable bonds is 11. The number of ether oxygens (including phenoxy) is 1. The standard InChI is InChI=1S/C23H24BrClN4O2S/c1-3-5-13-31-18-9-6-16(7-10-18)22-27-28-23(29(22)12-4-2)32-15-21(30)26-20-11-8-17(24)14-19(20)25/h4,6-11,14H,2-3,5,12-13,15H2,1H3,(H,26,30). The second kappa shape index (κ2) is 12.1. The van der Waals surface area contributed by atoms with Crippen LogP contribution in [-0.2, 0) is 11.3 Å². The van der Waals surface area contributed by atoms with Crippen molar-refractivity contribution in [2.75, 3.05) is 17.7 Å². The summed E-state index contributed by atoms with van der Waals surface area (Å²) < 4.78 is 8.51. The first kappa shape index (κ1) is 24.4. The van der Waals surface area contributed by atoms with E-state index in [-0.39, 0.29) is 11.7 Å². The average Bonchev–Trinajstić information content (AvgIpc) is 3.18. The van der Waals surface area contributed by atoms with E-state index in [1.54, 1.807) is 18.2 Å². The molecule has 168 valence electrons. The van der Waals surface area contributed by atoms with Crippen LogP contribution in [0.15, 0.2) is 64.7 Å². The van der Waals surface area contributed by atoms with Crippen molar-refractivity contribution in [2.24, 2.45) is 0 Å². The van der Waals surface area contributed by atoms with Crippen LogP contribution in [0.5, 0.6) is 5.75 Å². The summed E-state index contributed by atoms with van der Waals surface area (Å²) in [5.74, 6) is 1.53. The smallest absolute Gasteiger partial charge is 0.234 e. The molecule has 1 heterocycles. The van der Waals surface area contributed by atoms with Crippen LogP contribution in [0.3, 0.4) is 0 Å². The van der Waals surface area contributed by atoms with E-state index in [0.717, 1.165) is 28.6 Å². The predicted octanol–water partition coefficient (Wildman–Crippen LogP) is 6.46. The average molecular weight is 536 g/mol. The number of halogens is 2. The Morgan fingerprint density at radius 1 is 1.28 bits per heavy atom. The molecule has 32 heavy (non-hydrogen) atoms. The lowest BCUT2D eigenvalue weighted by Gasteiger charge is -2.10. The van der Waals surface area contributed by atoms with Gasteiger partial charge in [0.1, 0.15) is 5.75 Å². The zero-order valence-corrected chi connectivity index (χ0v) is 20.8. The molecule has 0 atom stereocenters.